The monoisotopic (exact) mass is 247 g/mol. The molecule has 0 radical (unpaired) electrons. The van der Waals surface area contributed by atoms with E-state index in [1.54, 1.807) is 7.11 Å². The highest BCUT2D eigenvalue weighted by molar-refractivity contribution is 5.85. The Morgan fingerprint density at radius 1 is 1.33 bits per heavy atom. The van der Waals surface area contributed by atoms with Gasteiger partial charge in [-0.3, -0.25) is 0 Å². The Bertz CT molecular complexity index is 516. The summed E-state index contributed by atoms with van der Waals surface area (Å²) < 4.78 is 7.38. The number of hydrogen-bond acceptors (Lipinski definition) is 2. The first-order valence-corrected chi connectivity index (χ1v) is 6.56. The van der Waals surface area contributed by atoms with E-state index in [4.69, 9.17) is 9.84 Å². The SMILES string of the molecule is CCCCc1cn(CCO)c2cc(OC)ccc12. The predicted molar refractivity (Wildman–Crippen MR) is 74.2 cm³/mol. The van der Waals surface area contributed by atoms with Gasteiger partial charge in [-0.1, -0.05) is 13.3 Å². The van der Waals surface area contributed by atoms with Crippen molar-refractivity contribution in [2.24, 2.45) is 0 Å². The van der Waals surface area contributed by atoms with Crippen molar-refractivity contribution in [1.82, 2.24) is 4.57 Å². The highest BCUT2D eigenvalue weighted by atomic mass is 16.5. The lowest BCUT2D eigenvalue weighted by atomic mass is 10.1. The summed E-state index contributed by atoms with van der Waals surface area (Å²) in [5.41, 5.74) is 2.51. The summed E-state index contributed by atoms with van der Waals surface area (Å²) in [7, 11) is 1.68. The molecular weight excluding hydrogens is 226 g/mol. The molecule has 0 spiro atoms. The van der Waals surface area contributed by atoms with Crippen molar-refractivity contribution in [2.75, 3.05) is 13.7 Å². The molecule has 0 aliphatic carbocycles. The third-order valence-electron chi connectivity index (χ3n) is 3.31. The second-order valence-electron chi connectivity index (χ2n) is 4.56. The van der Waals surface area contributed by atoms with Crippen LogP contribution in [-0.2, 0) is 13.0 Å². The molecule has 0 bridgehead atoms. The van der Waals surface area contributed by atoms with Crippen LogP contribution in [0.4, 0.5) is 0 Å². The number of aliphatic hydroxyl groups excluding tert-OH is 1. The van der Waals surface area contributed by atoms with E-state index in [2.05, 4.69) is 23.8 Å². The van der Waals surface area contributed by atoms with Crippen LogP contribution in [0.2, 0.25) is 0 Å². The Hall–Kier alpha value is -1.48. The first-order chi connectivity index (χ1) is 8.80. The van der Waals surface area contributed by atoms with Gasteiger partial charge < -0.3 is 14.4 Å². The van der Waals surface area contributed by atoms with Gasteiger partial charge in [0, 0.05) is 24.2 Å². The second kappa shape index (κ2) is 5.91. The van der Waals surface area contributed by atoms with Gasteiger partial charge in [0.2, 0.25) is 0 Å². The van der Waals surface area contributed by atoms with Crippen molar-refractivity contribution in [3.63, 3.8) is 0 Å². The van der Waals surface area contributed by atoms with Crippen LogP contribution in [-0.4, -0.2) is 23.4 Å². The van der Waals surface area contributed by atoms with Gasteiger partial charge in [-0.2, -0.15) is 0 Å². The molecule has 3 heteroatoms. The number of aromatic nitrogens is 1. The van der Waals surface area contributed by atoms with E-state index < -0.39 is 0 Å². The molecule has 0 amide bonds. The fraction of sp³-hybridized carbons (Fsp3) is 0.467. The minimum Gasteiger partial charge on any atom is -0.497 e. The molecular formula is C15H21NO2. The van der Waals surface area contributed by atoms with Crippen LogP contribution in [0.25, 0.3) is 10.9 Å². The van der Waals surface area contributed by atoms with Gasteiger partial charge in [-0.25, -0.2) is 0 Å². The zero-order chi connectivity index (χ0) is 13.0. The molecule has 18 heavy (non-hydrogen) atoms. The van der Waals surface area contributed by atoms with Gasteiger partial charge in [0.05, 0.1) is 19.2 Å². The van der Waals surface area contributed by atoms with Crippen molar-refractivity contribution in [2.45, 2.75) is 32.7 Å². The number of unbranched alkanes of at least 4 members (excludes halogenated alkanes) is 1. The standard InChI is InChI=1S/C15H21NO2/c1-3-4-5-12-11-16(8-9-17)15-10-13(18-2)6-7-14(12)15/h6-7,10-11,17H,3-5,8-9H2,1-2H3. The van der Waals surface area contributed by atoms with Crippen LogP contribution < -0.4 is 4.74 Å². The molecule has 0 saturated heterocycles. The molecule has 1 aromatic heterocycles. The zero-order valence-electron chi connectivity index (χ0n) is 11.1. The summed E-state index contributed by atoms with van der Waals surface area (Å²) in [4.78, 5) is 0. The van der Waals surface area contributed by atoms with E-state index in [1.807, 2.05) is 12.1 Å². The van der Waals surface area contributed by atoms with Gasteiger partial charge in [0.15, 0.2) is 0 Å². The Labute approximate surface area is 108 Å². The largest absolute Gasteiger partial charge is 0.497 e. The molecule has 1 aromatic carbocycles. The van der Waals surface area contributed by atoms with Crippen molar-refractivity contribution in [3.05, 3.63) is 30.0 Å². The number of ether oxygens (including phenoxy) is 1. The maximum Gasteiger partial charge on any atom is 0.120 e. The molecule has 0 unspecified atom stereocenters. The average molecular weight is 247 g/mol. The quantitative estimate of drug-likeness (QED) is 0.851. The van der Waals surface area contributed by atoms with Crippen LogP contribution in [0.1, 0.15) is 25.3 Å². The van der Waals surface area contributed by atoms with Crippen LogP contribution in [0.5, 0.6) is 5.75 Å². The van der Waals surface area contributed by atoms with E-state index in [1.165, 1.54) is 23.8 Å². The molecule has 0 aliphatic heterocycles. The summed E-state index contributed by atoms with van der Waals surface area (Å²) in [6.07, 6.45) is 5.65. The maximum atomic E-state index is 9.14. The summed E-state index contributed by atoms with van der Waals surface area (Å²) in [6.45, 7) is 3.00. The molecule has 0 aliphatic rings. The number of rotatable bonds is 6. The topological polar surface area (TPSA) is 34.4 Å². The van der Waals surface area contributed by atoms with Gasteiger partial charge in [-0.15, -0.1) is 0 Å². The molecule has 2 aromatic rings. The van der Waals surface area contributed by atoms with Crippen molar-refractivity contribution < 1.29 is 9.84 Å². The van der Waals surface area contributed by atoms with Crippen LogP contribution in [0.15, 0.2) is 24.4 Å². The minimum atomic E-state index is 0.161. The summed E-state index contributed by atoms with van der Waals surface area (Å²) in [5, 5.41) is 10.4. The fourth-order valence-corrected chi connectivity index (χ4v) is 2.33. The molecule has 0 fully saturated rings. The van der Waals surface area contributed by atoms with E-state index in [0.29, 0.717) is 6.54 Å². The molecule has 0 saturated carbocycles. The molecule has 98 valence electrons. The molecule has 1 N–H and O–H groups in total. The number of benzene rings is 1. The molecule has 0 atom stereocenters. The number of aliphatic hydroxyl groups is 1. The van der Waals surface area contributed by atoms with Crippen molar-refractivity contribution in [1.29, 1.82) is 0 Å². The number of methoxy groups -OCH3 is 1. The Balaban J connectivity index is 2.45. The molecule has 1 heterocycles. The Morgan fingerprint density at radius 3 is 2.83 bits per heavy atom. The van der Waals surface area contributed by atoms with Crippen LogP contribution in [0.3, 0.4) is 0 Å². The Kier molecular flexibility index (Phi) is 4.26. The minimum absolute atomic E-state index is 0.161. The summed E-state index contributed by atoms with van der Waals surface area (Å²) in [5.74, 6) is 0.863. The second-order valence-corrected chi connectivity index (χ2v) is 4.56. The van der Waals surface area contributed by atoms with Gasteiger partial charge in [-0.05, 0) is 30.5 Å². The van der Waals surface area contributed by atoms with Crippen LogP contribution in [0, 0.1) is 0 Å². The smallest absolute Gasteiger partial charge is 0.120 e. The van der Waals surface area contributed by atoms with E-state index in [0.717, 1.165) is 17.7 Å². The lowest BCUT2D eigenvalue weighted by molar-refractivity contribution is 0.278. The molecule has 2 rings (SSSR count). The summed E-state index contributed by atoms with van der Waals surface area (Å²) in [6, 6.07) is 6.16. The third kappa shape index (κ3) is 2.51. The van der Waals surface area contributed by atoms with Crippen molar-refractivity contribution in [3.8, 4) is 5.75 Å². The Morgan fingerprint density at radius 2 is 2.17 bits per heavy atom. The normalized spacial score (nSPS) is 11.1. The zero-order valence-corrected chi connectivity index (χ0v) is 11.1. The fourth-order valence-electron chi connectivity index (χ4n) is 2.33. The van der Waals surface area contributed by atoms with E-state index in [-0.39, 0.29) is 6.61 Å². The first kappa shape index (κ1) is 13.0. The van der Waals surface area contributed by atoms with Gasteiger partial charge in [0.1, 0.15) is 5.75 Å². The number of hydrogen-bond donors (Lipinski definition) is 1. The highest BCUT2D eigenvalue weighted by Crippen LogP contribution is 2.26. The molecule has 3 nitrogen and oxygen atoms in total. The lowest BCUT2D eigenvalue weighted by Crippen LogP contribution is -2.00. The maximum absolute atomic E-state index is 9.14. The number of fused-ring (bicyclic) bond motifs is 1. The average Bonchev–Trinajstić information content (AvgIpc) is 2.74. The van der Waals surface area contributed by atoms with Gasteiger partial charge in [0.25, 0.3) is 0 Å². The third-order valence-corrected chi connectivity index (χ3v) is 3.31. The first-order valence-electron chi connectivity index (χ1n) is 6.56. The van der Waals surface area contributed by atoms with E-state index >= 15 is 0 Å². The number of aryl methyl sites for hydroxylation is 1. The number of nitrogens with zero attached hydrogens (tertiary/aromatic N) is 1. The van der Waals surface area contributed by atoms with E-state index in [9.17, 15) is 0 Å². The highest BCUT2D eigenvalue weighted by Gasteiger charge is 2.09. The van der Waals surface area contributed by atoms with Crippen molar-refractivity contribution >= 4 is 10.9 Å². The van der Waals surface area contributed by atoms with Crippen LogP contribution >= 0.6 is 0 Å². The predicted octanol–water partition coefficient (Wildman–Crippen LogP) is 2.98. The summed E-state index contributed by atoms with van der Waals surface area (Å²) >= 11 is 0. The lowest BCUT2D eigenvalue weighted by Gasteiger charge is -2.04. The van der Waals surface area contributed by atoms with Gasteiger partial charge >= 0.3 is 0 Å².